The number of nitriles is 1. The molecule has 10 nitrogen and oxygen atoms in total. The Hall–Kier alpha value is -3.14. The number of fused-ring (bicyclic) bond motifs is 3. The Kier molecular flexibility index (Phi) is 5.66. The first-order valence-electron chi connectivity index (χ1n) is 12.1. The molecule has 1 saturated heterocycles. The Morgan fingerprint density at radius 1 is 1.36 bits per heavy atom. The van der Waals surface area contributed by atoms with Crippen molar-refractivity contribution in [3.8, 4) is 6.07 Å². The number of carbonyl (C=O) groups excluding carboxylic acids is 2. The smallest absolute Gasteiger partial charge is 0.258 e. The number of carbonyl (C=O) groups is 2. The molecule has 0 radical (unpaired) electrons. The van der Waals surface area contributed by atoms with Gasteiger partial charge in [0.25, 0.3) is 5.91 Å². The van der Waals surface area contributed by atoms with Crippen LogP contribution >= 0.6 is 22.7 Å². The van der Waals surface area contributed by atoms with E-state index in [1.54, 1.807) is 16.2 Å². The van der Waals surface area contributed by atoms with Crippen molar-refractivity contribution in [1.29, 1.82) is 5.26 Å². The first-order chi connectivity index (χ1) is 17.4. The van der Waals surface area contributed by atoms with Crippen LogP contribution in [0, 0.1) is 17.2 Å². The second kappa shape index (κ2) is 8.76. The molecule has 12 heteroatoms. The summed E-state index contributed by atoms with van der Waals surface area (Å²) in [5, 5.41) is 30.3. The van der Waals surface area contributed by atoms with Crippen LogP contribution in [0.2, 0.25) is 0 Å². The summed E-state index contributed by atoms with van der Waals surface area (Å²) in [6.45, 7) is 2.20. The highest BCUT2D eigenvalue weighted by molar-refractivity contribution is 7.15. The molecule has 4 heterocycles. The normalized spacial score (nSPS) is 26.9. The summed E-state index contributed by atoms with van der Waals surface area (Å²) >= 11 is 3.05. The van der Waals surface area contributed by atoms with E-state index in [9.17, 15) is 14.9 Å². The number of hydrogen-bond donors (Lipinski definition) is 3. The molecular weight excluding hydrogens is 496 g/mol. The number of nitrogens with zero attached hydrogens (tertiary/aromatic N) is 5. The van der Waals surface area contributed by atoms with Crippen molar-refractivity contribution in [3.63, 3.8) is 0 Å². The highest BCUT2D eigenvalue weighted by Crippen LogP contribution is 2.51. The van der Waals surface area contributed by atoms with Crippen molar-refractivity contribution in [2.45, 2.75) is 62.6 Å². The van der Waals surface area contributed by atoms with E-state index in [0.717, 1.165) is 41.0 Å². The number of hydrogen-bond acceptors (Lipinski definition) is 9. The summed E-state index contributed by atoms with van der Waals surface area (Å²) in [6, 6.07) is 6.13. The summed E-state index contributed by atoms with van der Waals surface area (Å²) in [5.41, 5.74) is 7.23. The quantitative estimate of drug-likeness (QED) is 0.427. The fraction of sp³-hybridized carbons (Fsp3) is 0.500. The Morgan fingerprint density at radius 3 is 2.94 bits per heavy atom. The second-order valence-electron chi connectivity index (χ2n) is 9.98. The molecule has 1 aliphatic heterocycles. The van der Waals surface area contributed by atoms with Crippen molar-refractivity contribution < 1.29 is 9.59 Å². The van der Waals surface area contributed by atoms with Gasteiger partial charge in [0, 0.05) is 21.8 Å². The van der Waals surface area contributed by atoms with Crippen LogP contribution in [0.4, 0.5) is 0 Å². The van der Waals surface area contributed by atoms with Crippen LogP contribution in [-0.2, 0) is 23.1 Å². The fourth-order valence-corrected chi connectivity index (χ4v) is 8.51. The van der Waals surface area contributed by atoms with Gasteiger partial charge in [0.2, 0.25) is 5.91 Å². The summed E-state index contributed by atoms with van der Waals surface area (Å²) in [5.74, 6) is 0.543. The monoisotopic (exact) mass is 522 g/mol. The number of nitrogens with two attached hydrogens (primary N) is 1. The average molecular weight is 523 g/mol. The third kappa shape index (κ3) is 3.65. The maximum Gasteiger partial charge on any atom is 0.258 e. The highest BCUT2D eigenvalue weighted by Gasteiger charge is 2.54. The fourth-order valence-electron chi connectivity index (χ4n) is 6.01. The van der Waals surface area contributed by atoms with Crippen LogP contribution in [0.5, 0.6) is 0 Å². The lowest BCUT2D eigenvalue weighted by Crippen LogP contribution is -2.46. The molecule has 6 rings (SSSR count). The Labute approximate surface area is 215 Å². The van der Waals surface area contributed by atoms with Crippen LogP contribution in [0.1, 0.15) is 62.6 Å². The molecule has 2 fully saturated rings. The van der Waals surface area contributed by atoms with Crippen molar-refractivity contribution >= 4 is 34.5 Å². The molecule has 1 saturated carbocycles. The average Bonchev–Trinajstić information content (AvgIpc) is 3.39. The van der Waals surface area contributed by atoms with Gasteiger partial charge >= 0.3 is 0 Å². The van der Waals surface area contributed by atoms with Gasteiger partial charge in [0.1, 0.15) is 11.5 Å². The highest BCUT2D eigenvalue weighted by atomic mass is 32.1. The van der Waals surface area contributed by atoms with E-state index in [1.807, 2.05) is 13.0 Å². The van der Waals surface area contributed by atoms with E-state index >= 15 is 0 Å². The first-order valence-corrected chi connectivity index (χ1v) is 13.8. The molecule has 0 aromatic carbocycles. The van der Waals surface area contributed by atoms with Crippen molar-refractivity contribution in [2.24, 2.45) is 11.7 Å². The molecular formula is C24H26N8O2S2. The van der Waals surface area contributed by atoms with Gasteiger partial charge in [0.15, 0.2) is 5.82 Å². The lowest BCUT2D eigenvalue weighted by Gasteiger charge is -2.33. The van der Waals surface area contributed by atoms with Gasteiger partial charge in [-0.3, -0.25) is 9.59 Å². The molecule has 0 spiro atoms. The van der Waals surface area contributed by atoms with Crippen LogP contribution < -0.4 is 11.1 Å². The number of aryl methyl sites for hydroxylation is 2. The topological polar surface area (TPSA) is 154 Å². The van der Waals surface area contributed by atoms with Crippen LogP contribution in [0.15, 0.2) is 17.5 Å². The standard InChI is InChI=1S/C24H26N8O2S2/c1-12(27-11-19(33)32-16(10-25)6-15-7-17(15)32)9-24(23-28-30-31-29-23)20-13(4-5-35-20)2-3-14-8-18(22(26)34)36-21(14)24/h4-5,8,12,15-17,27H,2-3,6-7,9,11H2,1H3,(H2,26,34)(H,28,29,30,31)/t12-,15+,16?,17-,24?/m0/s1. The van der Waals surface area contributed by atoms with Crippen molar-refractivity contribution in [3.05, 3.63) is 49.1 Å². The van der Waals surface area contributed by atoms with Crippen LogP contribution in [-0.4, -0.2) is 62.0 Å². The molecule has 2 amide bonds. The SMILES string of the molecule is C[C@@H](CC1(c2nn[nH]n2)c2sccc2CCc2cc(C(N)=O)sc21)NCC(=O)N1C(C#N)C[C@@H]2C[C@@H]21. The minimum Gasteiger partial charge on any atom is -0.365 e. The Balaban J connectivity index is 1.33. The molecule has 5 atom stereocenters. The molecule has 36 heavy (non-hydrogen) atoms. The number of likely N-dealkylation sites (tertiary alicyclic amines) is 1. The van der Waals surface area contributed by atoms with Gasteiger partial charge in [-0.05, 0) is 73.6 Å². The van der Waals surface area contributed by atoms with Gasteiger partial charge in [-0.2, -0.15) is 10.5 Å². The van der Waals surface area contributed by atoms with Crippen molar-refractivity contribution in [2.75, 3.05) is 6.54 Å². The number of nitrogens with one attached hydrogen (secondary N) is 2. The molecule has 3 aromatic rings. The molecule has 4 N–H and O–H groups in total. The number of aromatic nitrogens is 4. The van der Waals surface area contributed by atoms with Crippen LogP contribution in [0.25, 0.3) is 0 Å². The minimum atomic E-state index is -0.736. The zero-order chi connectivity index (χ0) is 25.0. The van der Waals surface area contributed by atoms with E-state index in [4.69, 9.17) is 5.73 Å². The number of rotatable bonds is 7. The maximum absolute atomic E-state index is 13.1. The zero-order valence-electron chi connectivity index (χ0n) is 19.7. The molecule has 186 valence electrons. The third-order valence-electron chi connectivity index (χ3n) is 7.72. The number of primary amides is 1. The van der Waals surface area contributed by atoms with Gasteiger partial charge in [0.05, 0.1) is 17.5 Å². The van der Waals surface area contributed by atoms with E-state index in [-0.39, 0.29) is 30.6 Å². The molecule has 0 bridgehead atoms. The number of H-pyrrole nitrogens is 1. The molecule has 3 aromatic heterocycles. The lowest BCUT2D eigenvalue weighted by molar-refractivity contribution is -0.131. The molecule has 2 aliphatic carbocycles. The third-order valence-corrected chi connectivity index (χ3v) is 10.2. The number of tetrazole rings is 1. The predicted molar refractivity (Wildman–Crippen MR) is 133 cm³/mol. The first kappa shape index (κ1) is 23.3. The van der Waals surface area contributed by atoms with Gasteiger partial charge < -0.3 is 16.0 Å². The largest absolute Gasteiger partial charge is 0.365 e. The number of amides is 2. The van der Waals surface area contributed by atoms with E-state index in [0.29, 0.717) is 23.0 Å². The number of thiophene rings is 2. The molecule has 3 aliphatic rings. The van der Waals surface area contributed by atoms with Gasteiger partial charge in [-0.25, -0.2) is 0 Å². The summed E-state index contributed by atoms with van der Waals surface area (Å²) in [4.78, 5) is 29.6. The molecule has 2 unspecified atom stereocenters. The Bertz CT molecular complexity index is 1360. The van der Waals surface area contributed by atoms with Gasteiger partial charge in [-0.1, -0.05) is 5.21 Å². The number of aromatic amines is 1. The maximum atomic E-state index is 13.1. The zero-order valence-corrected chi connectivity index (χ0v) is 21.4. The van der Waals surface area contributed by atoms with Gasteiger partial charge in [-0.15, -0.1) is 32.9 Å². The van der Waals surface area contributed by atoms with E-state index < -0.39 is 11.3 Å². The minimum absolute atomic E-state index is 0.0301. The number of piperidine rings is 1. The predicted octanol–water partition coefficient (Wildman–Crippen LogP) is 1.74. The summed E-state index contributed by atoms with van der Waals surface area (Å²) in [7, 11) is 0. The van der Waals surface area contributed by atoms with Crippen molar-refractivity contribution in [1.82, 2.24) is 30.8 Å². The Morgan fingerprint density at radius 2 is 2.19 bits per heavy atom. The summed E-state index contributed by atoms with van der Waals surface area (Å²) < 4.78 is 0. The van der Waals surface area contributed by atoms with Crippen LogP contribution in [0.3, 0.4) is 0 Å². The van der Waals surface area contributed by atoms with E-state index in [1.165, 1.54) is 16.9 Å². The van der Waals surface area contributed by atoms with E-state index in [2.05, 4.69) is 43.5 Å². The summed E-state index contributed by atoms with van der Waals surface area (Å²) in [6.07, 6.45) is 3.98. The second-order valence-corrected chi connectivity index (χ2v) is 11.9. The lowest BCUT2D eigenvalue weighted by atomic mass is 9.76.